The largest absolute Gasteiger partial charge is 0.478 e. The van der Waals surface area contributed by atoms with Crippen molar-refractivity contribution in [1.29, 1.82) is 0 Å². The molecule has 0 aliphatic rings. The molecule has 1 aromatic rings. The summed E-state index contributed by atoms with van der Waals surface area (Å²) in [6.07, 6.45) is 0. The van der Waals surface area contributed by atoms with Gasteiger partial charge in [-0.3, -0.25) is 0 Å². The normalized spacial score (nSPS) is 10.4. The predicted molar refractivity (Wildman–Crippen MR) is 65.2 cm³/mol. The topological polar surface area (TPSA) is 69.6 Å². The van der Waals surface area contributed by atoms with Crippen LogP contribution in [-0.2, 0) is 0 Å². The van der Waals surface area contributed by atoms with E-state index in [0.29, 0.717) is 12.1 Å². The highest BCUT2D eigenvalue weighted by Crippen LogP contribution is 2.20. The van der Waals surface area contributed by atoms with Crippen LogP contribution in [0.4, 0.5) is 19.3 Å². The van der Waals surface area contributed by atoms with Crippen LogP contribution in [-0.4, -0.2) is 35.1 Å². The Morgan fingerprint density at radius 3 is 2.26 bits per heavy atom. The van der Waals surface area contributed by atoms with Crippen LogP contribution in [0.1, 0.15) is 24.2 Å². The Balaban J connectivity index is 3.10. The summed E-state index contributed by atoms with van der Waals surface area (Å²) in [6.45, 7) is 3.51. The van der Waals surface area contributed by atoms with Crippen molar-refractivity contribution in [3.05, 3.63) is 29.3 Å². The predicted octanol–water partition coefficient (Wildman–Crippen LogP) is 2.54. The Hall–Kier alpha value is -2.18. The first kappa shape index (κ1) is 14.9. The van der Waals surface area contributed by atoms with Gasteiger partial charge in [-0.05, 0) is 19.9 Å². The van der Waals surface area contributed by atoms with Gasteiger partial charge in [0.15, 0.2) is 11.6 Å². The third-order valence-electron chi connectivity index (χ3n) is 2.63. The first-order valence-electron chi connectivity index (χ1n) is 5.50. The minimum atomic E-state index is -1.46. The highest BCUT2D eigenvalue weighted by atomic mass is 19.2. The van der Waals surface area contributed by atoms with Gasteiger partial charge in [0, 0.05) is 19.2 Å². The fraction of sp³-hybridized carbons (Fsp3) is 0.333. The van der Waals surface area contributed by atoms with Crippen LogP contribution < -0.4 is 5.32 Å². The third kappa shape index (κ3) is 3.40. The van der Waals surface area contributed by atoms with Crippen LogP contribution in [0, 0.1) is 11.6 Å². The molecule has 0 saturated carbocycles. The summed E-state index contributed by atoms with van der Waals surface area (Å²) in [7, 11) is 1.50. The van der Waals surface area contributed by atoms with Crippen LogP contribution in [0.15, 0.2) is 12.1 Å². The molecule has 0 aliphatic heterocycles. The molecule has 0 saturated heterocycles. The fourth-order valence-corrected chi connectivity index (χ4v) is 1.27. The molecule has 5 nitrogen and oxygen atoms in total. The lowest BCUT2D eigenvalue weighted by Gasteiger charge is -2.22. The van der Waals surface area contributed by atoms with E-state index in [0.717, 1.165) is 0 Å². The molecule has 0 heterocycles. The van der Waals surface area contributed by atoms with Crippen molar-refractivity contribution >= 4 is 17.7 Å². The summed E-state index contributed by atoms with van der Waals surface area (Å²) in [5.74, 6) is -3.97. The number of carbonyl (C=O) groups excluding carboxylic acids is 1. The number of nitrogens with one attached hydrogen (secondary N) is 1. The average Bonchev–Trinajstić information content (AvgIpc) is 2.31. The van der Waals surface area contributed by atoms with Gasteiger partial charge in [-0.1, -0.05) is 0 Å². The Morgan fingerprint density at radius 1 is 1.26 bits per heavy atom. The van der Waals surface area contributed by atoms with Gasteiger partial charge in [-0.25, -0.2) is 18.4 Å². The number of hydrogen-bond donors (Lipinski definition) is 2. The number of aromatic carboxylic acids is 1. The number of rotatable bonds is 3. The lowest BCUT2D eigenvalue weighted by atomic mass is 10.1. The molecule has 0 aliphatic carbocycles. The Labute approximate surface area is 108 Å². The first-order valence-corrected chi connectivity index (χ1v) is 5.50. The molecule has 2 amide bonds. The van der Waals surface area contributed by atoms with E-state index in [-0.39, 0.29) is 11.7 Å². The zero-order chi connectivity index (χ0) is 14.7. The van der Waals surface area contributed by atoms with Crippen LogP contribution >= 0.6 is 0 Å². The molecule has 0 atom stereocenters. The van der Waals surface area contributed by atoms with Gasteiger partial charge in [-0.15, -0.1) is 0 Å². The average molecular weight is 272 g/mol. The van der Waals surface area contributed by atoms with Crippen LogP contribution in [0.5, 0.6) is 0 Å². The molecule has 0 bridgehead atoms. The van der Waals surface area contributed by atoms with E-state index < -0.39 is 29.2 Å². The van der Waals surface area contributed by atoms with E-state index >= 15 is 0 Å². The first-order chi connectivity index (χ1) is 8.73. The molecule has 0 radical (unpaired) electrons. The van der Waals surface area contributed by atoms with Crippen molar-refractivity contribution in [2.24, 2.45) is 0 Å². The Kier molecular flexibility index (Phi) is 4.42. The van der Waals surface area contributed by atoms with Crippen molar-refractivity contribution in [2.45, 2.75) is 19.9 Å². The van der Waals surface area contributed by atoms with E-state index in [4.69, 9.17) is 5.11 Å². The maximum absolute atomic E-state index is 13.1. The molecule has 0 spiro atoms. The number of hydrogen-bond acceptors (Lipinski definition) is 2. The smallest absolute Gasteiger partial charge is 0.337 e. The Bertz CT molecular complexity index is 518. The molecule has 0 aromatic heterocycles. The van der Waals surface area contributed by atoms with Crippen molar-refractivity contribution in [3.63, 3.8) is 0 Å². The van der Waals surface area contributed by atoms with Gasteiger partial charge in [-0.2, -0.15) is 0 Å². The molecule has 1 rings (SSSR count). The minimum absolute atomic E-state index is 0.126. The van der Waals surface area contributed by atoms with Gasteiger partial charge >= 0.3 is 12.0 Å². The fourth-order valence-electron chi connectivity index (χ4n) is 1.27. The quantitative estimate of drug-likeness (QED) is 0.888. The molecule has 0 fully saturated rings. The lowest BCUT2D eigenvalue weighted by molar-refractivity contribution is 0.0697. The van der Waals surface area contributed by atoms with Crippen molar-refractivity contribution < 1.29 is 23.5 Å². The SMILES string of the molecule is CC(C)N(C)C(=O)Nc1cc(F)c(F)cc1C(=O)O. The molecule has 2 N–H and O–H groups in total. The lowest BCUT2D eigenvalue weighted by Crippen LogP contribution is -2.36. The Morgan fingerprint density at radius 2 is 1.79 bits per heavy atom. The molecule has 7 heteroatoms. The number of nitrogens with zero attached hydrogens (tertiary/aromatic N) is 1. The van der Waals surface area contributed by atoms with E-state index in [1.54, 1.807) is 13.8 Å². The zero-order valence-electron chi connectivity index (χ0n) is 10.7. The number of urea groups is 1. The second-order valence-corrected chi connectivity index (χ2v) is 4.25. The maximum Gasteiger partial charge on any atom is 0.337 e. The summed E-state index contributed by atoms with van der Waals surface area (Å²) in [4.78, 5) is 23.9. The summed E-state index contributed by atoms with van der Waals surface area (Å²) in [6, 6.07) is 0.440. The minimum Gasteiger partial charge on any atom is -0.478 e. The number of halogens is 2. The monoisotopic (exact) mass is 272 g/mol. The number of benzene rings is 1. The van der Waals surface area contributed by atoms with Crippen LogP contribution in [0.3, 0.4) is 0 Å². The van der Waals surface area contributed by atoms with E-state index in [1.165, 1.54) is 11.9 Å². The summed E-state index contributed by atoms with van der Waals surface area (Å²) in [5.41, 5.74) is -0.798. The van der Waals surface area contributed by atoms with Crippen molar-refractivity contribution in [2.75, 3.05) is 12.4 Å². The summed E-state index contributed by atoms with van der Waals surface area (Å²) >= 11 is 0. The zero-order valence-corrected chi connectivity index (χ0v) is 10.7. The van der Waals surface area contributed by atoms with Gasteiger partial charge in [0.05, 0.1) is 11.3 Å². The number of carboxylic acid groups (broad SMARTS) is 1. The number of amides is 2. The van der Waals surface area contributed by atoms with Gasteiger partial charge in [0.2, 0.25) is 0 Å². The molecule has 104 valence electrons. The highest BCUT2D eigenvalue weighted by molar-refractivity contribution is 6.00. The second-order valence-electron chi connectivity index (χ2n) is 4.25. The second kappa shape index (κ2) is 5.64. The molecule has 0 unspecified atom stereocenters. The number of carboxylic acids is 1. The summed E-state index contributed by atoms with van der Waals surface area (Å²) in [5, 5.41) is 11.1. The van der Waals surface area contributed by atoms with Gasteiger partial charge in [0.25, 0.3) is 0 Å². The van der Waals surface area contributed by atoms with E-state index in [2.05, 4.69) is 5.32 Å². The van der Waals surface area contributed by atoms with E-state index in [9.17, 15) is 18.4 Å². The third-order valence-corrected chi connectivity index (χ3v) is 2.63. The van der Waals surface area contributed by atoms with E-state index in [1.807, 2.05) is 0 Å². The molecular weight excluding hydrogens is 258 g/mol. The summed E-state index contributed by atoms with van der Waals surface area (Å²) < 4.78 is 26.1. The van der Waals surface area contributed by atoms with Crippen molar-refractivity contribution in [1.82, 2.24) is 4.90 Å². The highest BCUT2D eigenvalue weighted by Gasteiger charge is 2.19. The van der Waals surface area contributed by atoms with Crippen molar-refractivity contribution in [3.8, 4) is 0 Å². The molecular formula is C12H14F2N2O3. The molecule has 19 heavy (non-hydrogen) atoms. The van der Waals surface area contributed by atoms with Crippen LogP contribution in [0.25, 0.3) is 0 Å². The standard InChI is InChI=1S/C12H14F2N2O3/c1-6(2)16(3)12(19)15-10-5-9(14)8(13)4-7(10)11(17)18/h4-6H,1-3H3,(H,15,19)(H,17,18). The molecule has 1 aromatic carbocycles. The van der Waals surface area contributed by atoms with Gasteiger partial charge < -0.3 is 15.3 Å². The number of carbonyl (C=O) groups is 2. The van der Waals surface area contributed by atoms with Gasteiger partial charge in [0.1, 0.15) is 0 Å². The number of anilines is 1. The maximum atomic E-state index is 13.1. The van der Waals surface area contributed by atoms with Crippen LogP contribution in [0.2, 0.25) is 0 Å².